The fourth-order valence-corrected chi connectivity index (χ4v) is 2.95. The van der Waals surface area contributed by atoms with Crippen LogP contribution in [0.4, 0.5) is 11.4 Å². The number of hydrogen-bond donors (Lipinski definition) is 1. The molecule has 0 saturated heterocycles. The molecule has 2 aromatic heterocycles. The van der Waals surface area contributed by atoms with Gasteiger partial charge in [0.25, 0.3) is 11.6 Å². The number of ether oxygens (including phenoxy) is 2. The molecule has 30 heavy (non-hydrogen) atoms. The maximum Gasteiger partial charge on any atom is 0.286 e. The summed E-state index contributed by atoms with van der Waals surface area (Å²) in [5, 5.41) is 18.4. The van der Waals surface area contributed by atoms with Crippen LogP contribution >= 0.6 is 0 Å². The molecule has 0 aliphatic rings. The summed E-state index contributed by atoms with van der Waals surface area (Å²) in [4.78, 5) is 27.9. The molecule has 1 N–H and O–H groups in total. The van der Waals surface area contributed by atoms with E-state index in [-0.39, 0.29) is 22.7 Å². The van der Waals surface area contributed by atoms with Gasteiger partial charge in [-0.05, 0) is 39.0 Å². The Hall–Kier alpha value is -3.95. The minimum absolute atomic E-state index is 0.146. The van der Waals surface area contributed by atoms with Crippen LogP contribution in [0.5, 0.6) is 11.5 Å². The van der Waals surface area contributed by atoms with E-state index >= 15 is 0 Å². The van der Waals surface area contributed by atoms with E-state index in [0.29, 0.717) is 18.1 Å². The summed E-state index contributed by atoms with van der Waals surface area (Å²) < 4.78 is 12.2. The topological polar surface area (TPSA) is 121 Å². The molecular weight excluding hydrogens is 390 g/mol. The quantitative estimate of drug-likeness (QED) is 0.467. The van der Waals surface area contributed by atoms with Gasteiger partial charge in [0.15, 0.2) is 17.3 Å². The van der Waals surface area contributed by atoms with Crippen LogP contribution in [-0.4, -0.2) is 39.3 Å². The number of aryl methyl sites for hydroxylation is 2. The summed E-state index contributed by atoms with van der Waals surface area (Å²) >= 11 is 0. The van der Waals surface area contributed by atoms with Gasteiger partial charge in [-0.3, -0.25) is 14.9 Å². The minimum atomic E-state index is -0.661. The summed E-state index contributed by atoms with van der Waals surface area (Å²) in [7, 11) is 1.37. The normalized spacial score (nSPS) is 10.5. The van der Waals surface area contributed by atoms with E-state index in [4.69, 9.17) is 9.47 Å². The van der Waals surface area contributed by atoms with Gasteiger partial charge < -0.3 is 14.8 Å². The highest BCUT2D eigenvalue weighted by Crippen LogP contribution is 2.35. The van der Waals surface area contributed by atoms with Gasteiger partial charge in [-0.2, -0.15) is 5.10 Å². The number of carbonyl (C=O) groups excluding carboxylic acids is 1. The summed E-state index contributed by atoms with van der Waals surface area (Å²) in [6.45, 7) is 5.87. The molecule has 2 heterocycles. The number of benzene rings is 1. The highest BCUT2D eigenvalue weighted by molar-refractivity contribution is 6.07. The molecule has 3 aromatic rings. The van der Waals surface area contributed by atoms with Crippen molar-refractivity contribution in [1.29, 1.82) is 0 Å². The van der Waals surface area contributed by atoms with Crippen molar-refractivity contribution in [3.63, 3.8) is 0 Å². The lowest BCUT2D eigenvalue weighted by Crippen LogP contribution is -2.15. The number of aromatic nitrogens is 3. The van der Waals surface area contributed by atoms with Crippen molar-refractivity contribution in [3.05, 3.63) is 63.6 Å². The van der Waals surface area contributed by atoms with E-state index in [1.807, 2.05) is 19.9 Å². The number of nitro benzene ring substituents is 1. The third-order valence-corrected chi connectivity index (χ3v) is 4.26. The molecule has 3 rings (SSSR count). The maximum atomic E-state index is 12.8. The van der Waals surface area contributed by atoms with E-state index < -0.39 is 10.8 Å². The summed E-state index contributed by atoms with van der Waals surface area (Å²) in [6.07, 6.45) is 1.46. The first-order valence-electron chi connectivity index (χ1n) is 9.14. The van der Waals surface area contributed by atoms with Crippen LogP contribution in [-0.2, 0) is 0 Å². The second-order valence-corrected chi connectivity index (χ2v) is 6.41. The number of hydrogen-bond acceptors (Lipinski definition) is 7. The summed E-state index contributed by atoms with van der Waals surface area (Å²) in [5.74, 6) is 0.350. The van der Waals surface area contributed by atoms with Gasteiger partial charge in [-0.1, -0.05) is 0 Å². The molecule has 156 valence electrons. The van der Waals surface area contributed by atoms with Gasteiger partial charge in [0.05, 0.1) is 42.3 Å². The second kappa shape index (κ2) is 8.60. The predicted molar refractivity (Wildman–Crippen MR) is 110 cm³/mol. The Labute approximate surface area is 172 Å². The van der Waals surface area contributed by atoms with Crippen LogP contribution in [0, 0.1) is 24.0 Å². The molecule has 1 aromatic carbocycles. The zero-order chi connectivity index (χ0) is 21.8. The van der Waals surface area contributed by atoms with Crippen molar-refractivity contribution in [3.8, 4) is 17.3 Å². The number of nitrogens with one attached hydrogen (secondary N) is 1. The Morgan fingerprint density at radius 2 is 2.00 bits per heavy atom. The third-order valence-electron chi connectivity index (χ3n) is 4.26. The molecule has 0 spiro atoms. The lowest BCUT2D eigenvalue weighted by molar-refractivity contribution is -0.385. The van der Waals surface area contributed by atoms with Crippen LogP contribution in [0.1, 0.15) is 28.7 Å². The number of anilines is 1. The molecule has 0 atom stereocenters. The molecule has 0 saturated carbocycles. The second-order valence-electron chi connectivity index (χ2n) is 6.41. The zero-order valence-corrected chi connectivity index (χ0v) is 17.0. The first-order chi connectivity index (χ1) is 14.3. The molecule has 0 unspecified atom stereocenters. The fraction of sp³-hybridized carbons (Fsp3) is 0.250. The van der Waals surface area contributed by atoms with Crippen molar-refractivity contribution in [2.75, 3.05) is 19.0 Å². The Balaban J connectivity index is 1.89. The number of rotatable bonds is 7. The van der Waals surface area contributed by atoms with E-state index in [1.165, 1.54) is 25.4 Å². The van der Waals surface area contributed by atoms with E-state index in [2.05, 4.69) is 15.4 Å². The van der Waals surface area contributed by atoms with Crippen LogP contribution in [0.2, 0.25) is 0 Å². The Morgan fingerprint density at radius 1 is 1.23 bits per heavy atom. The van der Waals surface area contributed by atoms with Crippen molar-refractivity contribution in [1.82, 2.24) is 14.8 Å². The lowest BCUT2D eigenvalue weighted by Gasteiger charge is -2.12. The van der Waals surface area contributed by atoms with Crippen LogP contribution < -0.4 is 14.8 Å². The number of nitrogens with zero attached hydrogens (tertiary/aromatic N) is 4. The average molecular weight is 411 g/mol. The minimum Gasteiger partial charge on any atom is -0.493 e. The van der Waals surface area contributed by atoms with E-state index in [1.54, 1.807) is 23.7 Å². The average Bonchev–Trinajstić information content (AvgIpc) is 3.06. The number of pyridine rings is 1. The van der Waals surface area contributed by atoms with Crippen molar-refractivity contribution in [2.24, 2.45) is 0 Å². The molecule has 1 amide bonds. The summed E-state index contributed by atoms with van der Waals surface area (Å²) in [5.41, 5.74) is 1.64. The van der Waals surface area contributed by atoms with Crippen molar-refractivity contribution < 1.29 is 19.2 Å². The zero-order valence-electron chi connectivity index (χ0n) is 17.0. The van der Waals surface area contributed by atoms with Crippen LogP contribution in [0.25, 0.3) is 5.82 Å². The van der Waals surface area contributed by atoms with Crippen molar-refractivity contribution in [2.45, 2.75) is 20.8 Å². The molecule has 10 heteroatoms. The van der Waals surface area contributed by atoms with E-state index in [0.717, 1.165) is 11.4 Å². The third kappa shape index (κ3) is 4.22. The highest BCUT2D eigenvalue weighted by atomic mass is 16.6. The molecule has 0 aliphatic carbocycles. The van der Waals surface area contributed by atoms with Gasteiger partial charge in [0.2, 0.25) is 0 Å². The van der Waals surface area contributed by atoms with E-state index in [9.17, 15) is 14.9 Å². The molecular formula is C20H21N5O5. The highest BCUT2D eigenvalue weighted by Gasteiger charge is 2.25. The lowest BCUT2D eigenvalue weighted by atomic mass is 10.1. The first-order valence-corrected chi connectivity index (χ1v) is 9.14. The van der Waals surface area contributed by atoms with Gasteiger partial charge >= 0.3 is 0 Å². The van der Waals surface area contributed by atoms with Gasteiger partial charge in [-0.15, -0.1) is 0 Å². The molecule has 0 fully saturated rings. The first kappa shape index (κ1) is 20.8. The Bertz CT molecular complexity index is 1090. The smallest absolute Gasteiger partial charge is 0.286 e. The molecule has 10 nitrogen and oxygen atoms in total. The van der Waals surface area contributed by atoms with Gasteiger partial charge in [0, 0.05) is 11.8 Å². The maximum absolute atomic E-state index is 12.8. The fourth-order valence-electron chi connectivity index (χ4n) is 2.95. The Morgan fingerprint density at radius 3 is 2.53 bits per heavy atom. The molecule has 0 radical (unpaired) electrons. The number of nitro groups is 1. The Kier molecular flexibility index (Phi) is 5.95. The molecule has 0 bridgehead atoms. The SMILES string of the molecule is CCOc1cc(C(=O)Nc2ccc(-n3nc(C)cc3C)nc2)c([N+](=O)[O-])cc1OC. The summed E-state index contributed by atoms with van der Waals surface area (Å²) in [6, 6.07) is 7.74. The molecule has 0 aliphatic heterocycles. The largest absolute Gasteiger partial charge is 0.493 e. The monoisotopic (exact) mass is 411 g/mol. The van der Waals surface area contributed by atoms with Crippen LogP contribution in [0.3, 0.4) is 0 Å². The number of carbonyl (C=O) groups is 1. The predicted octanol–water partition coefficient (Wildman–Crippen LogP) is 3.45. The van der Waals surface area contributed by atoms with Crippen LogP contribution in [0.15, 0.2) is 36.5 Å². The van der Waals surface area contributed by atoms with Gasteiger partial charge in [0.1, 0.15) is 5.56 Å². The number of amides is 1. The van der Waals surface area contributed by atoms with Crippen molar-refractivity contribution >= 4 is 17.3 Å². The number of methoxy groups -OCH3 is 1. The van der Waals surface area contributed by atoms with Gasteiger partial charge in [-0.25, -0.2) is 9.67 Å². The standard InChI is InChI=1S/C20H21N5O5/c1-5-30-18-9-15(16(25(27)28)10-17(18)29-4)20(26)22-14-6-7-19(21-11-14)24-13(3)8-12(2)23-24/h6-11H,5H2,1-4H3,(H,22,26).